The number of methoxy groups -OCH3 is 1. The minimum atomic E-state index is -4.95. The molecule has 23 atom stereocenters. The Kier molecular flexibility index (Phi) is 30.0. The van der Waals surface area contributed by atoms with Crippen molar-refractivity contribution in [3.05, 3.63) is 0 Å². The van der Waals surface area contributed by atoms with E-state index in [1.54, 1.807) is 0 Å². The van der Waals surface area contributed by atoms with Crippen LogP contribution in [0.15, 0.2) is 0 Å². The molecule has 524 valence electrons. The van der Waals surface area contributed by atoms with Gasteiger partial charge in [0.25, 0.3) is 0 Å². The van der Waals surface area contributed by atoms with Gasteiger partial charge in [-0.25, -0.2) is 9.13 Å². The van der Waals surface area contributed by atoms with Gasteiger partial charge in [0.2, 0.25) is 17.7 Å². The van der Waals surface area contributed by atoms with E-state index in [9.17, 15) is 52.8 Å². The first-order valence-corrected chi connectivity index (χ1v) is 35.5. The maximum absolute atomic E-state index is 14.1. The Morgan fingerprint density at radius 1 is 0.440 bits per heavy atom. The van der Waals surface area contributed by atoms with E-state index in [-0.39, 0.29) is 188 Å². The second kappa shape index (κ2) is 35.6. The topological polar surface area (TPSA) is 336 Å². The molecule has 6 rings (SSSR count). The lowest BCUT2D eigenvalue weighted by Crippen LogP contribution is -2.48. The van der Waals surface area contributed by atoms with Crippen molar-refractivity contribution in [3.8, 4) is 0 Å². The van der Waals surface area contributed by atoms with Crippen molar-refractivity contribution in [1.29, 1.82) is 0 Å². The number of amides is 3. The highest BCUT2D eigenvalue weighted by Crippen LogP contribution is 2.50. The molecule has 30 heteroatoms. The monoisotopic (exact) mass is 1340 g/mol. The number of nitrogens with zero attached hydrogens (tertiary/aromatic N) is 3. The van der Waals surface area contributed by atoms with Crippen LogP contribution in [-0.4, -0.2) is 225 Å². The number of aliphatic hydroxyl groups is 1. The highest BCUT2D eigenvalue weighted by Gasteiger charge is 2.47. The average molecular weight is 1340 g/mol. The second-order valence-electron chi connectivity index (χ2n) is 26.1. The number of likely N-dealkylation sites (tertiary alicyclic amines) is 3. The van der Waals surface area contributed by atoms with Crippen LogP contribution in [0, 0.1) is 53.3 Å². The number of carbonyl (C=O) groups excluding carboxylic acids is 6. The third kappa shape index (κ3) is 22.7. The summed E-state index contributed by atoms with van der Waals surface area (Å²) in [6, 6.07) is -2.27. The highest BCUT2D eigenvalue weighted by molar-refractivity contribution is 7.47. The van der Waals surface area contributed by atoms with Crippen molar-refractivity contribution < 1.29 is 118 Å². The number of hydrogen-bond acceptors (Lipinski definition) is 23. The molecule has 6 heterocycles. The molecule has 0 saturated carbocycles. The summed E-state index contributed by atoms with van der Waals surface area (Å²) in [5.74, 6) is -1.42. The summed E-state index contributed by atoms with van der Waals surface area (Å²) in [7, 11) is -8.39. The summed E-state index contributed by atoms with van der Waals surface area (Å²) in [5.41, 5.74) is 0. The van der Waals surface area contributed by atoms with E-state index in [2.05, 4.69) is 20.8 Å². The quantitative estimate of drug-likeness (QED) is 0.0303. The van der Waals surface area contributed by atoms with Gasteiger partial charge in [0.05, 0.1) is 94.4 Å². The van der Waals surface area contributed by atoms with Crippen molar-refractivity contribution in [1.82, 2.24) is 14.7 Å². The van der Waals surface area contributed by atoms with Crippen LogP contribution in [0.1, 0.15) is 141 Å². The third-order valence-electron chi connectivity index (χ3n) is 19.6. The van der Waals surface area contributed by atoms with E-state index >= 15 is 0 Å². The summed E-state index contributed by atoms with van der Waals surface area (Å²) in [6.45, 7) is 21.9. The zero-order valence-electron chi connectivity index (χ0n) is 55.5. The van der Waals surface area contributed by atoms with Crippen molar-refractivity contribution in [2.45, 2.75) is 214 Å². The van der Waals surface area contributed by atoms with Crippen LogP contribution in [0.25, 0.3) is 0 Å². The van der Waals surface area contributed by atoms with Crippen LogP contribution in [0.5, 0.6) is 0 Å². The molecule has 6 aliphatic rings. The predicted octanol–water partition coefficient (Wildman–Crippen LogP) is 5.78. The minimum absolute atomic E-state index is 0.0200. The molecule has 91 heavy (non-hydrogen) atoms. The van der Waals surface area contributed by atoms with E-state index in [1.165, 1.54) is 42.6 Å². The van der Waals surface area contributed by atoms with Crippen LogP contribution >= 0.6 is 15.6 Å². The van der Waals surface area contributed by atoms with E-state index in [1.807, 2.05) is 41.5 Å². The van der Waals surface area contributed by atoms with Crippen LogP contribution < -0.4 is 0 Å². The first kappa shape index (κ1) is 76.7. The van der Waals surface area contributed by atoms with E-state index in [0.717, 1.165) is 0 Å². The van der Waals surface area contributed by atoms with Crippen molar-refractivity contribution >= 4 is 51.3 Å². The number of aliphatic hydroxyl groups excluding tert-OH is 1. The summed E-state index contributed by atoms with van der Waals surface area (Å²) in [5, 5.41) is 10.7. The van der Waals surface area contributed by atoms with Gasteiger partial charge in [-0.05, 0) is 74.0 Å². The number of hydrogen-bond donors (Lipinski definition) is 3. The number of rotatable bonds is 33. The summed E-state index contributed by atoms with van der Waals surface area (Å²) in [4.78, 5) is 103. The Bertz CT molecular complexity index is 2470. The maximum atomic E-state index is 14.1. The average Bonchev–Trinajstić information content (AvgIpc) is 1.39. The predicted molar refractivity (Wildman–Crippen MR) is 323 cm³/mol. The van der Waals surface area contributed by atoms with Crippen LogP contribution in [-0.2, 0) is 103 Å². The van der Waals surface area contributed by atoms with E-state index in [4.69, 9.17) is 65.5 Å². The summed E-state index contributed by atoms with van der Waals surface area (Å²) < 4.78 is 108. The Morgan fingerprint density at radius 3 is 1.07 bits per heavy atom. The van der Waals surface area contributed by atoms with Gasteiger partial charge >= 0.3 is 33.6 Å². The molecule has 0 radical (unpaired) electrons. The van der Waals surface area contributed by atoms with Gasteiger partial charge < -0.3 is 77.0 Å². The zero-order chi connectivity index (χ0) is 67.1. The summed E-state index contributed by atoms with van der Waals surface area (Å²) in [6.07, 6.45) is -5.01. The highest BCUT2D eigenvalue weighted by atomic mass is 31.2. The lowest BCUT2D eigenvalue weighted by atomic mass is 9.79. The van der Waals surface area contributed by atoms with E-state index < -0.39 is 114 Å². The fourth-order valence-electron chi connectivity index (χ4n) is 13.1. The molecule has 28 nitrogen and oxygen atoms in total. The number of β-amino-alcohol motifs (C(OH)–C–C–N with tert-alkyl or cyclic N) is 1. The molecule has 0 aromatic heterocycles. The summed E-state index contributed by atoms with van der Waals surface area (Å²) >= 11 is 0. The molecule has 0 aliphatic carbocycles. The van der Waals surface area contributed by atoms with Crippen LogP contribution in [0.2, 0.25) is 0 Å². The zero-order valence-corrected chi connectivity index (χ0v) is 57.3. The second-order valence-corrected chi connectivity index (χ2v) is 28.9. The van der Waals surface area contributed by atoms with Gasteiger partial charge in [0.15, 0.2) is 18.9 Å². The standard InChI is InChI=1S/C61H105N3O25P2/c1-35-38(4)53(32-80-44(10)65)85-59(41(35)7)77-20-14-17-56(69)62-26-50(68)23-47(62)30-83-90(72,73)89-52-25-49(64(28-52)58(71)19-16-22-79-61-43(9)37(3)40(6)55(87-61)34-82-46(12)67)31-84-91(74,75)88-51-24-48(29-76-13)63(27-51)57(70)18-15-21-78-60-42(8)36(2)39(5)54(86-60)33-81-45(11)66/h35-43,47-55,59-61,68H,14-34H2,1-13H3,(H,72,73)(H,74,75)/t35-,36-,37-,38+,39+,40+,41?,42?,43?,47-,48-,49-,50+,51+,52+,53?,54?,55?,59+,60+,61+/m0/s1. The minimum Gasteiger partial charge on any atom is -0.463 e. The maximum Gasteiger partial charge on any atom is 0.472 e. The van der Waals surface area contributed by atoms with Gasteiger partial charge in [-0.1, -0.05) is 62.3 Å². The lowest BCUT2D eigenvalue weighted by Gasteiger charge is -2.43. The molecule has 0 aromatic rings. The SMILES string of the molecule is COC[C@@H]1C[C@@H](OP(=O)(O)OC[C@@H]2C[C@@H](OP(=O)(O)OC[C@@H]3C[C@@H](O)CN3C(=O)CCCO[C@@H]3OC(COC(C)=O)[C@H](C)[C@H](C)C3C)CN2C(=O)CCCO[C@@H]2OC(COC(C)=O)[C@H](C)[C@H](C)C2C)CN1C(=O)CCCO[C@@H]1OC(COC(C)=O)[C@H](C)[C@H](C)C1C. The van der Waals surface area contributed by atoms with Gasteiger partial charge in [0.1, 0.15) is 19.8 Å². The normalized spacial score (nSPS) is 35.8. The first-order chi connectivity index (χ1) is 42.9. The number of phosphoric ester groups is 2. The molecule has 0 spiro atoms. The molecular formula is C61H105N3O25P2. The van der Waals surface area contributed by atoms with Crippen molar-refractivity contribution in [2.75, 3.05) is 86.2 Å². The molecule has 3 N–H and O–H groups in total. The Balaban J connectivity index is 1.03. The molecule has 6 saturated heterocycles. The van der Waals surface area contributed by atoms with Crippen LogP contribution in [0.3, 0.4) is 0 Å². The number of phosphoric acid groups is 2. The number of esters is 3. The van der Waals surface area contributed by atoms with Gasteiger partial charge in [0, 0.05) is 84.5 Å². The number of carbonyl (C=O) groups is 6. The van der Waals surface area contributed by atoms with Gasteiger partial charge in [-0.2, -0.15) is 0 Å². The Labute approximate surface area is 536 Å². The Hall–Kier alpha value is -3.28. The first-order valence-electron chi connectivity index (χ1n) is 32.5. The molecule has 0 aromatic carbocycles. The molecular weight excluding hydrogens is 1240 g/mol. The lowest BCUT2D eigenvalue weighted by molar-refractivity contribution is -0.255. The van der Waals surface area contributed by atoms with Gasteiger partial charge in [-0.3, -0.25) is 46.9 Å². The molecule has 0 bridgehead atoms. The van der Waals surface area contributed by atoms with Crippen LogP contribution in [0.4, 0.5) is 0 Å². The molecule has 6 aliphatic heterocycles. The molecule has 6 fully saturated rings. The van der Waals surface area contributed by atoms with E-state index in [0.29, 0.717) is 12.8 Å². The Morgan fingerprint density at radius 2 is 0.747 bits per heavy atom. The fraction of sp³-hybridized carbons (Fsp3) is 0.902. The molecule has 3 amide bonds. The van der Waals surface area contributed by atoms with Crippen molar-refractivity contribution in [3.63, 3.8) is 0 Å². The smallest absolute Gasteiger partial charge is 0.463 e. The van der Waals surface area contributed by atoms with Crippen molar-refractivity contribution in [2.24, 2.45) is 53.3 Å². The van der Waals surface area contributed by atoms with Gasteiger partial charge in [-0.15, -0.1) is 0 Å². The third-order valence-corrected chi connectivity index (χ3v) is 21.7. The fourth-order valence-corrected chi connectivity index (χ4v) is 15.0. The number of ether oxygens (including phenoxy) is 10. The molecule has 8 unspecified atom stereocenters. The largest absolute Gasteiger partial charge is 0.472 e.